The van der Waals surface area contributed by atoms with E-state index in [2.05, 4.69) is 20.9 Å². The van der Waals surface area contributed by atoms with Crippen LogP contribution in [-0.4, -0.2) is 16.1 Å². The summed E-state index contributed by atoms with van der Waals surface area (Å²) < 4.78 is 6.44. The summed E-state index contributed by atoms with van der Waals surface area (Å²) in [4.78, 5) is 16.2. The predicted molar refractivity (Wildman–Crippen MR) is 79.9 cm³/mol. The molecule has 0 aliphatic heterocycles. The van der Waals surface area contributed by atoms with E-state index in [1.807, 2.05) is 35.7 Å². The van der Waals surface area contributed by atoms with E-state index in [1.54, 1.807) is 6.07 Å². The molecule has 0 saturated heterocycles. The summed E-state index contributed by atoms with van der Waals surface area (Å²) in [6.45, 7) is 0. The Morgan fingerprint density at radius 1 is 1.25 bits per heavy atom. The molecule has 0 saturated carbocycles. The van der Waals surface area contributed by atoms with Crippen LogP contribution >= 0.6 is 27.3 Å². The number of benzene rings is 1. The lowest BCUT2D eigenvalue weighted by atomic mass is 10.1. The fourth-order valence-corrected chi connectivity index (χ4v) is 2.91. The minimum Gasteiger partial charge on any atom is -0.476 e. The Morgan fingerprint density at radius 2 is 2.05 bits per heavy atom. The Labute approximate surface area is 126 Å². The van der Waals surface area contributed by atoms with Gasteiger partial charge in [-0.1, -0.05) is 40.2 Å². The molecule has 2 aromatic heterocycles. The third-order valence-electron chi connectivity index (χ3n) is 2.68. The van der Waals surface area contributed by atoms with Crippen LogP contribution in [0.15, 0.2) is 50.7 Å². The molecule has 0 bridgehead atoms. The number of rotatable bonds is 3. The number of aromatic carboxylic acids is 1. The average molecular weight is 350 g/mol. The van der Waals surface area contributed by atoms with Crippen molar-refractivity contribution in [1.29, 1.82) is 0 Å². The zero-order valence-electron chi connectivity index (χ0n) is 10.0. The van der Waals surface area contributed by atoms with Crippen molar-refractivity contribution in [3.8, 4) is 22.1 Å². The number of halogens is 1. The first-order chi connectivity index (χ1) is 9.66. The molecule has 1 aromatic carbocycles. The van der Waals surface area contributed by atoms with Crippen molar-refractivity contribution >= 4 is 33.2 Å². The number of aromatic nitrogens is 1. The van der Waals surface area contributed by atoms with Gasteiger partial charge in [0.15, 0.2) is 11.5 Å². The van der Waals surface area contributed by atoms with Gasteiger partial charge in [-0.25, -0.2) is 9.78 Å². The lowest BCUT2D eigenvalue weighted by molar-refractivity contribution is 0.0691. The number of nitrogens with zero attached hydrogens (tertiary/aromatic N) is 1. The predicted octanol–water partition coefficient (Wildman–Crippen LogP) is 4.53. The van der Waals surface area contributed by atoms with Gasteiger partial charge in [-0.2, -0.15) is 0 Å². The van der Waals surface area contributed by atoms with Gasteiger partial charge >= 0.3 is 5.97 Å². The first kappa shape index (κ1) is 13.1. The van der Waals surface area contributed by atoms with E-state index in [4.69, 9.17) is 4.42 Å². The zero-order chi connectivity index (χ0) is 14.1. The molecule has 0 aliphatic carbocycles. The third-order valence-corrected chi connectivity index (χ3v) is 4.23. The van der Waals surface area contributed by atoms with Gasteiger partial charge in [-0.3, -0.25) is 0 Å². The number of hydrogen-bond donors (Lipinski definition) is 1. The van der Waals surface area contributed by atoms with Crippen molar-refractivity contribution in [2.75, 3.05) is 0 Å². The highest BCUT2D eigenvalue weighted by molar-refractivity contribution is 9.10. The second-order valence-corrected chi connectivity index (χ2v) is 5.76. The number of carbonyl (C=O) groups is 1. The maximum absolute atomic E-state index is 11.4. The molecule has 2 heterocycles. The molecular formula is C14H8BrNO3S. The topological polar surface area (TPSA) is 63.3 Å². The second kappa shape index (κ2) is 5.22. The summed E-state index contributed by atoms with van der Waals surface area (Å²) in [5.74, 6) is -0.529. The lowest BCUT2D eigenvalue weighted by Gasteiger charge is -2.00. The van der Waals surface area contributed by atoms with Gasteiger partial charge in [0.25, 0.3) is 0 Å². The molecule has 3 rings (SSSR count). The SMILES string of the molecule is O=C(O)c1nc(-c2cccs2)oc1-c1ccccc1Br. The second-order valence-electron chi connectivity index (χ2n) is 3.96. The summed E-state index contributed by atoms with van der Waals surface area (Å²) in [5.41, 5.74) is 0.584. The summed E-state index contributed by atoms with van der Waals surface area (Å²) in [5, 5.41) is 11.2. The average Bonchev–Trinajstić information content (AvgIpc) is 3.08. The molecule has 3 aromatic rings. The first-order valence-electron chi connectivity index (χ1n) is 5.69. The van der Waals surface area contributed by atoms with E-state index in [0.29, 0.717) is 11.5 Å². The van der Waals surface area contributed by atoms with Crippen LogP contribution in [0, 0.1) is 0 Å². The fourth-order valence-electron chi connectivity index (χ4n) is 1.80. The van der Waals surface area contributed by atoms with Crippen LogP contribution in [0.2, 0.25) is 0 Å². The summed E-state index contributed by atoms with van der Waals surface area (Å²) >= 11 is 4.84. The first-order valence-corrected chi connectivity index (χ1v) is 7.37. The molecule has 6 heteroatoms. The molecule has 0 fully saturated rings. The molecule has 0 spiro atoms. The number of hydrogen-bond acceptors (Lipinski definition) is 4. The number of carboxylic acid groups (broad SMARTS) is 1. The Balaban J connectivity index is 2.20. The van der Waals surface area contributed by atoms with Gasteiger partial charge < -0.3 is 9.52 Å². The highest BCUT2D eigenvalue weighted by atomic mass is 79.9. The summed E-state index contributed by atoms with van der Waals surface area (Å²) in [6.07, 6.45) is 0. The molecule has 100 valence electrons. The van der Waals surface area contributed by atoms with Crippen molar-refractivity contribution in [2.45, 2.75) is 0 Å². The minimum absolute atomic E-state index is 0.0831. The zero-order valence-corrected chi connectivity index (χ0v) is 12.4. The smallest absolute Gasteiger partial charge is 0.358 e. The minimum atomic E-state index is -1.11. The molecular weight excluding hydrogens is 342 g/mol. The maximum atomic E-state index is 11.4. The van der Waals surface area contributed by atoms with Crippen LogP contribution < -0.4 is 0 Å². The Morgan fingerprint density at radius 3 is 2.70 bits per heavy atom. The van der Waals surface area contributed by atoms with E-state index in [1.165, 1.54) is 11.3 Å². The number of thiophene rings is 1. The van der Waals surface area contributed by atoms with Crippen LogP contribution in [0.25, 0.3) is 22.1 Å². The van der Waals surface area contributed by atoms with Crippen LogP contribution in [0.4, 0.5) is 0 Å². The van der Waals surface area contributed by atoms with Crippen molar-refractivity contribution in [3.63, 3.8) is 0 Å². The van der Waals surface area contributed by atoms with Crippen LogP contribution in [0.1, 0.15) is 10.5 Å². The van der Waals surface area contributed by atoms with Gasteiger partial charge in [0.1, 0.15) is 0 Å². The Hall–Kier alpha value is -1.92. The largest absolute Gasteiger partial charge is 0.476 e. The molecule has 1 N–H and O–H groups in total. The normalized spacial score (nSPS) is 10.7. The maximum Gasteiger partial charge on any atom is 0.358 e. The lowest BCUT2D eigenvalue weighted by Crippen LogP contribution is -1.99. The molecule has 0 unspecified atom stereocenters. The van der Waals surface area contributed by atoms with Crippen molar-refractivity contribution in [3.05, 3.63) is 51.9 Å². The van der Waals surface area contributed by atoms with Gasteiger partial charge in [0.05, 0.1) is 4.88 Å². The highest BCUT2D eigenvalue weighted by Crippen LogP contribution is 2.35. The molecule has 4 nitrogen and oxygen atoms in total. The molecule has 0 amide bonds. The van der Waals surface area contributed by atoms with Gasteiger partial charge in [0.2, 0.25) is 5.89 Å². The van der Waals surface area contributed by atoms with E-state index < -0.39 is 5.97 Å². The van der Waals surface area contributed by atoms with Gasteiger partial charge in [-0.05, 0) is 17.5 Å². The van der Waals surface area contributed by atoms with Crippen LogP contribution in [-0.2, 0) is 0 Å². The Bertz CT molecular complexity index is 765. The number of carboxylic acids is 1. The van der Waals surface area contributed by atoms with E-state index in [9.17, 15) is 9.90 Å². The van der Waals surface area contributed by atoms with Crippen molar-refractivity contribution in [2.24, 2.45) is 0 Å². The van der Waals surface area contributed by atoms with Gasteiger partial charge in [-0.15, -0.1) is 11.3 Å². The molecule has 0 atom stereocenters. The molecule has 20 heavy (non-hydrogen) atoms. The van der Waals surface area contributed by atoms with Crippen LogP contribution in [0.3, 0.4) is 0 Å². The van der Waals surface area contributed by atoms with Crippen molar-refractivity contribution in [1.82, 2.24) is 4.98 Å². The van der Waals surface area contributed by atoms with E-state index in [0.717, 1.165) is 9.35 Å². The van der Waals surface area contributed by atoms with Gasteiger partial charge in [0, 0.05) is 10.0 Å². The summed E-state index contributed by atoms with van der Waals surface area (Å²) in [6, 6.07) is 11.0. The van der Waals surface area contributed by atoms with E-state index in [-0.39, 0.29) is 11.5 Å². The van der Waals surface area contributed by atoms with E-state index >= 15 is 0 Å². The highest BCUT2D eigenvalue weighted by Gasteiger charge is 2.23. The molecule has 0 radical (unpaired) electrons. The van der Waals surface area contributed by atoms with Crippen molar-refractivity contribution < 1.29 is 14.3 Å². The number of oxazole rings is 1. The quantitative estimate of drug-likeness (QED) is 0.754. The Kier molecular flexibility index (Phi) is 3.42. The molecule has 0 aliphatic rings. The summed E-state index contributed by atoms with van der Waals surface area (Å²) in [7, 11) is 0. The monoisotopic (exact) mass is 349 g/mol. The van der Waals surface area contributed by atoms with Crippen LogP contribution in [0.5, 0.6) is 0 Å². The fraction of sp³-hybridized carbons (Fsp3) is 0. The third kappa shape index (κ3) is 2.28. The standard InChI is InChI=1S/C14H8BrNO3S/c15-9-5-2-1-4-8(9)12-11(14(17)18)16-13(19-12)10-6-3-7-20-10/h1-7H,(H,17,18).